The van der Waals surface area contributed by atoms with Crippen LogP contribution in [0.25, 0.3) is 0 Å². The van der Waals surface area contributed by atoms with Gasteiger partial charge in [-0.2, -0.15) is 0 Å². The molecule has 0 fully saturated rings. The first-order valence-electron chi connectivity index (χ1n) is 7.40. The SMILES string of the molecule is CCOC(=O)c1cccc(NC(=O)[C@H](C)Oc2ccccc2)c1. The van der Waals surface area contributed by atoms with E-state index in [-0.39, 0.29) is 5.91 Å². The van der Waals surface area contributed by atoms with E-state index in [0.29, 0.717) is 23.6 Å². The van der Waals surface area contributed by atoms with Crippen molar-refractivity contribution in [1.29, 1.82) is 0 Å². The number of hydrogen-bond donors (Lipinski definition) is 1. The molecule has 5 nitrogen and oxygen atoms in total. The Morgan fingerprint density at radius 3 is 2.52 bits per heavy atom. The fourth-order valence-corrected chi connectivity index (χ4v) is 1.94. The maximum Gasteiger partial charge on any atom is 0.338 e. The number of benzene rings is 2. The molecule has 2 rings (SSSR count). The molecule has 0 spiro atoms. The molecule has 120 valence electrons. The Morgan fingerprint density at radius 1 is 1.09 bits per heavy atom. The predicted molar refractivity (Wildman–Crippen MR) is 87.6 cm³/mol. The molecule has 0 saturated carbocycles. The molecule has 1 amide bonds. The van der Waals surface area contributed by atoms with E-state index in [1.165, 1.54) is 0 Å². The minimum absolute atomic E-state index is 0.296. The number of esters is 1. The molecule has 0 heterocycles. The molecule has 1 atom stereocenters. The molecular formula is C18H19NO4. The van der Waals surface area contributed by atoms with E-state index >= 15 is 0 Å². The number of carbonyl (C=O) groups excluding carboxylic acids is 2. The van der Waals surface area contributed by atoms with Crippen LogP contribution in [0.15, 0.2) is 54.6 Å². The Bertz CT molecular complexity index is 670. The van der Waals surface area contributed by atoms with Gasteiger partial charge in [0.15, 0.2) is 6.10 Å². The van der Waals surface area contributed by atoms with Crippen LogP contribution in [0, 0.1) is 0 Å². The van der Waals surface area contributed by atoms with Gasteiger partial charge in [0.1, 0.15) is 5.75 Å². The lowest BCUT2D eigenvalue weighted by atomic mass is 10.2. The lowest BCUT2D eigenvalue weighted by molar-refractivity contribution is -0.122. The van der Waals surface area contributed by atoms with Crippen LogP contribution in [0.3, 0.4) is 0 Å². The van der Waals surface area contributed by atoms with Crippen LogP contribution in [0.5, 0.6) is 5.75 Å². The molecule has 0 unspecified atom stereocenters. The Morgan fingerprint density at radius 2 is 1.83 bits per heavy atom. The molecule has 0 aliphatic heterocycles. The van der Waals surface area contributed by atoms with Gasteiger partial charge >= 0.3 is 5.97 Å². The third-order valence-corrected chi connectivity index (χ3v) is 3.07. The molecular weight excluding hydrogens is 294 g/mol. The molecule has 0 bridgehead atoms. The van der Waals surface area contributed by atoms with Gasteiger partial charge in [0, 0.05) is 5.69 Å². The van der Waals surface area contributed by atoms with Crippen LogP contribution in [-0.4, -0.2) is 24.6 Å². The van der Waals surface area contributed by atoms with E-state index in [1.54, 1.807) is 50.2 Å². The van der Waals surface area contributed by atoms with Crippen LogP contribution >= 0.6 is 0 Å². The van der Waals surface area contributed by atoms with Gasteiger partial charge in [-0.3, -0.25) is 4.79 Å². The Kier molecular flexibility index (Phi) is 5.74. The summed E-state index contributed by atoms with van der Waals surface area (Å²) in [5, 5.41) is 2.73. The molecule has 2 aromatic carbocycles. The zero-order chi connectivity index (χ0) is 16.7. The zero-order valence-corrected chi connectivity index (χ0v) is 13.1. The van der Waals surface area contributed by atoms with Gasteiger partial charge in [-0.25, -0.2) is 4.79 Å². The van der Waals surface area contributed by atoms with Crippen molar-refractivity contribution in [3.63, 3.8) is 0 Å². The summed E-state index contributed by atoms with van der Waals surface area (Å²) in [4.78, 5) is 23.9. The summed E-state index contributed by atoms with van der Waals surface area (Å²) in [5.41, 5.74) is 0.908. The minimum atomic E-state index is -0.663. The topological polar surface area (TPSA) is 64.6 Å². The molecule has 0 aliphatic carbocycles. The first kappa shape index (κ1) is 16.5. The number of hydrogen-bond acceptors (Lipinski definition) is 4. The lowest BCUT2D eigenvalue weighted by Crippen LogP contribution is -2.30. The summed E-state index contributed by atoms with van der Waals surface area (Å²) >= 11 is 0. The fourth-order valence-electron chi connectivity index (χ4n) is 1.94. The van der Waals surface area contributed by atoms with Gasteiger partial charge in [-0.15, -0.1) is 0 Å². The van der Waals surface area contributed by atoms with Gasteiger partial charge < -0.3 is 14.8 Å². The standard InChI is InChI=1S/C18H19NO4/c1-3-22-18(21)14-8-7-9-15(12-14)19-17(20)13(2)23-16-10-5-4-6-11-16/h4-13H,3H2,1-2H3,(H,19,20)/t13-/m0/s1. The summed E-state index contributed by atoms with van der Waals surface area (Å²) in [7, 11) is 0. The predicted octanol–water partition coefficient (Wildman–Crippen LogP) is 3.27. The summed E-state index contributed by atoms with van der Waals surface area (Å²) in [6, 6.07) is 15.7. The van der Waals surface area contributed by atoms with Gasteiger partial charge in [0.25, 0.3) is 5.91 Å². The number of carbonyl (C=O) groups is 2. The monoisotopic (exact) mass is 313 g/mol. The second-order valence-corrected chi connectivity index (χ2v) is 4.86. The van der Waals surface area contributed by atoms with E-state index in [9.17, 15) is 9.59 Å². The maximum absolute atomic E-state index is 12.2. The van der Waals surface area contributed by atoms with E-state index in [2.05, 4.69) is 5.32 Å². The normalized spacial score (nSPS) is 11.4. The highest BCUT2D eigenvalue weighted by Gasteiger charge is 2.15. The summed E-state index contributed by atoms with van der Waals surface area (Å²) in [5.74, 6) is -0.0949. The smallest absolute Gasteiger partial charge is 0.338 e. The number of ether oxygens (including phenoxy) is 2. The summed E-state index contributed by atoms with van der Waals surface area (Å²) in [6.07, 6.45) is -0.663. The van der Waals surface area contributed by atoms with Crippen molar-refractivity contribution >= 4 is 17.6 Å². The highest BCUT2D eigenvalue weighted by Crippen LogP contribution is 2.14. The van der Waals surface area contributed by atoms with Gasteiger partial charge in [0.05, 0.1) is 12.2 Å². The Labute approximate surface area is 135 Å². The van der Waals surface area contributed by atoms with Crippen LogP contribution in [-0.2, 0) is 9.53 Å². The van der Waals surface area contributed by atoms with Crippen molar-refractivity contribution in [2.75, 3.05) is 11.9 Å². The average molecular weight is 313 g/mol. The molecule has 0 aromatic heterocycles. The second-order valence-electron chi connectivity index (χ2n) is 4.86. The van der Waals surface area contributed by atoms with Crippen LogP contribution in [0.1, 0.15) is 24.2 Å². The molecule has 0 saturated heterocycles. The number of nitrogens with one attached hydrogen (secondary N) is 1. The van der Waals surface area contributed by atoms with Crippen molar-refractivity contribution in [2.24, 2.45) is 0 Å². The van der Waals surface area contributed by atoms with Crippen LogP contribution in [0.4, 0.5) is 5.69 Å². The lowest BCUT2D eigenvalue weighted by Gasteiger charge is -2.15. The highest BCUT2D eigenvalue weighted by molar-refractivity contribution is 5.96. The Balaban J connectivity index is 1.99. The highest BCUT2D eigenvalue weighted by atomic mass is 16.5. The first-order chi connectivity index (χ1) is 11.1. The molecule has 23 heavy (non-hydrogen) atoms. The van der Waals surface area contributed by atoms with Crippen molar-refractivity contribution in [3.8, 4) is 5.75 Å². The van der Waals surface area contributed by atoms with Crippen molar-refractivity contribution in [3.05, 3.63) is 60.2 Å². The third-order valence-electron chi connectivity index (χ3n) is 3.07. The van der Waals surface area contributed by atoms with Crippen LogP contribution < -0.4 is 10.1 Å². The van der Waals surface area contributed by atoms with Gasteiger partial charge in [-0.05, 0) is 44.2 Å². The van der Waals surface area contributed by atoms with E-state index in [1.807, 2.05) is 18.2 Å². The summed E-state index contributed by atoms with van der Waals surface area (Å²) in [6.45, 7) is 3.71. The quantitative estimate of drug-likeness (QED) is 0.831. The van der Waals surface area contributed by atoms with Crippen LogP contribution in [0.2, 0.25) is 0 Å². The number of anilines is 1. The molecule has 5 heteroatoms. The molecule has 1 N–H and O–H groups in total. The van der Waals surface area contributed by atoms with Gasteiger partial charge in [0.2, 0.25) is 0 Å². The minimum Gasteiger partial charge on any atom is -0.481 e. The largest absolute Gasteiger partial charge is 0.481 e. The van der Waals surface area contributed by atoms with Crippen molar-refractivity contribution < 1.29 is 19.1 Å². The second kappa shape index (κ2) is 7.98. The van der Waals surface area contributed by atoms with E-state index < -0.39 is 12.1 Å². The van der Waals surface area contributed by atoms with E-state index in [0.717, 1.165) is 0 Å². The third kappa shape index (κ3) is 4.85. The number of rotatable bonds is 6. The zero-order valence-electron chi connectivity index (χ0n) is 13.1. The number of para-hydroxylation sites is 1. The Hall–Kier alpha value is -2.82. The summed E-state index contributed by atoms with van der Waals surface area (Å²) < 4.78 is 10.5. The van der Waals surface area contributed by atoms with Gasteiger partial charge in [-0.1, -0.05) is 24.3 Å². The maximum atomic E-state index is 12.2. The van der Waals surface area contributed by atoms with Crippen molar-refractivity contribution in [1.82, 2.24) is 0 Å². The van der Waals surface area contributed by atoms with E-state index in [4.69, 9.17) is 9.47 Å². The number of amides is 1. The fraction of sp³-hybridized carbons (Fsp3) is 0.222. The molecule has 0 aliphatic rings. The molecule has 2 aromatic rings. The first-order valence-corrected chi connectivity index (χ1v) is 7.40. The van der Waals surface area contributed by atoms with Crippen molar-refractivity contribution in [2.45, 2.75) is 20.0 Å². The average Bonchev–Trinajstić information content (AvgIpc) is 2.56. The molecule has 0 radical (unpaired) electrons.